The molecule has 0 atom stereocenters. The SMILES string of the molecule is Cc1nccn1-c1ncccc1NCC(C)C. The van der Waals surface area contributed by atoms with Crippen molar-refractivity contribution in [3.63, 3.8) is 0 Å². The number of hydrogen-bond donors (Lipinski definition) is 1. The topological polar surface area (TPSA) is 42.7 Å². The fourth-order valence-corrected chi connectivity index (χ4v) is 1.64. The van der Waals surface area contributed by atoms with Crippen LogP contribution in [0.3, 0.4) is 0 Å². The Morgan fingerprint density at radius 2 is 2.12 bits per heavy atom. The normalized spacial score (nSPS) is 10.8. The quantitative estimate of drug-likeness (QED) is 0.878. The van der Waals surface area contributed by atoms with E-state index in [0.717, 1.165) is 23.9 Å². The highest BCUT2D eigenvalue weighted by atomic mass is 15.1. The second kappa shape index (κ2) is 4.99. The van der Waals surface area contributed by atoms with E-state index < -0.39 is 0 Å². The van der Waals surface area contributed by atoms with Gasteiger partial charge in [0.25, 0.3) is 0 Å². The van der Waals surface area contributed by atoms with Crippen LogP contribution >= 0.6 is 0 Å². The van der Waals surface area contributed by atoms with Crippen molar-refractivity contribution in [3.05, 3.63) is 36.5 Å². The van der Waals surface area contributed by atoms with Crippen LogP contribution in [0.5, 0.6) is 0 Å². The number of aromatic nitrogens is 3. The van der Waals surface area contributed by atoms with Crippen LogP contribution in [-0.4, -0.2) is 21.1 Å². The number of rotatable bonds is 4. The molecule has 2 aromatic heterocycles. The average molecular weight is 230 g/mol. The minimum Gasteiger partial charge on any atom is -0.382 e. The van der Waals surface area contributed by atoms with E-state index in [9.17, 15) is 0 Å². The molecule has 90 valence electrons. The van der Waals surface area contributed by atoms with Crippen molar-refractivity contribution in [3.8, 4) is 5.82 Å². The van der Waals surface area contributed by atoms with Crippen LogP contribution in [0, 0.1) is 12.8 Å². The van der Waals surface area contributed by atoms with Gasteiger partial charge in [0.15, 0.2) is 5.82 Å². The summed E-state index contributed by atoms with van der Waals surface area (Å²) in [5.41, 5.74) is 1.04. The molecular weight excluding hydrogens is 212 g/mol. The lowest BCUT2D eigenvalue weighted by atomic mass is 10.2. The molecule has 0 radical (unpaired) electrons. The summed E-state index contributed by atoms with van der Waals surface area (Å²) in [6, 6.07) is 3.99. The Morgan fingerprint density at radius 3 is 2.76 bits per heavy atom. The van der Waals surface area contributed by atoms with E-state index in [1.807, 2.05) is 29.8 Å². The third kappa shape index (κ3) is 2.64. The fraction of sp³-hybridized carbons (Fsp3) is 0.385. The van der Waals surface area contributed by atoms with Gasteiger partial charge in [-0.15, -0.1) is 0 Å². The van der Waals surface area contributed by atoms with Crippen LogP contribution in [0.1, 0.15) is 19.7 Å². The van der Waals surface area contributed by atoms with Crippen molar-refractivity contribution in [2.75, 3.05) is 11.9 Å². The molecule has 0 saturated carbocycles. The van der Waals surface area contributed by atoms with Gasteiger partial charge in [0.05, 0.1) is 5.69 Å². The summed E-state index contributed by atoms with van der Waals surface area (Å²) in [7, 11) is 0. The Bertz CT molecular complexity index is 488. The second-order valence-electron chi connectivity index (χ2n) is 4.49. The first-order valence-electron chi connectivity index (χ1n) is 5.87. The Kier molecular flexibility index (Phi) is 3.42. The standard InChI is InChI=1S/C13H18N4/c1-10(2)9-16-12-5-4-6-15-13(12)17-8-7-14-11(17)3/h4-8,10,16H,9H2,1-3H3. The summed E-state index contributed by atoms with van der Waals surface area (Å²) >= 11 is 0. The lowest BCUT2D eigenvalue weighted by Gasteiger charge is -2.13. The Labute approximate surface area is 102 Å². The van der Waals surface area contributed by atoms with Crippen molar-refractivity contribution in [2.24, 2.45) is 5.92 Å². The van der Waals surface area contributed by atoms with E-state index in [1.54, 1.807) is 12.4 Å². The zero-order valence-electron chi connectivity index (χ0n) is 10.5. The van der Waals surface area contributed by atoms with E-state index in [1.165, 1.54) is 0 Å². The minimum absolute atomic E-state index is 0.604. The van der Waals surface area contributed by atoms with Crippen LogP contribution in [0.25, 0.3) is 5.82 Å². The molecular formula is C13H18N4. The van der Waals surface area contributed by atoms with Gasteiger partial charge in [-0.05, 0) is 25.0 Å². The maximum atomic E-state index is 4.42. The van der Waals surface area contributed by atoms with Gasteiger partial charge < -0.3 is 5.32 Å². The molecule has 0 aliphatic heterocycles. The van der Waals surface area contributed by atoms with Crippen LogP contribution in [0.2, 0.25) is 0 Å². The van der Waals surface area contributed by atoms with Crippen LogP contribution in [0.4, 0.5) is 5.69 Å². The molecule has 4 heteroatoms. The van der Waals surface area contributed by atoms with Gasteiger partial charge >= 0.3 is 0 Å². The first-order valence-corrected chi connectivity index (χ1v) is 5.87. The lowest BCUT2D eigenvalue weighted by Crippen LogP contribution is -2.11. The molecule has 0 aromatic carbocycles. The average Bonchev–Trinajstić information content (AvgIpc) is 2.73. The highest BCUT2D eigenvalue weighted by Crippen LogP contribution is 2.18. The molecule has 0 aliphatic carbocycles. The molecule has 0 saturated heterocycles. The first kappa shape index (κ1) is 11.6. The van der Waals surface area contributed by atoms with E-state index in [-0.39, 0.29) is 0 Å². The largest absolute Gasteiger partial charge is 0.382 e. The molecule has 0 fully saturated rings. The Morgan fingerprint density at radius 1 is 1.29 bits per heavy atom. The molecule has 4 nitrogen and oxygen atoms in total. The van der Waals surface area contributed by atoms with E-state index in [0.29, 0.717) is 5.92 Å². The molecule has 0 unspecified atom stereocenters. The lowest BCUT2D eigenvalue weighted by molar-refractivity contribution is 0.688. The van der Waals surface area contributed by atoms with Crippen LogP contribution in [0.15, 0.2) is 30.7 Å². The van der Waals surface area contributed by atoms with Gasteiger partial charge in [-0.25, -0.2) is 9.97 Å². The molecule has 0 amide bonds. The number of anilines is 1. The predicted molar refractivity (Wildman–Crippen MR) is 69.4 cm³/mol. The zero-order valence-corrected chi connectivity index (χ0v) is 10.5. The summed E-state index contributed by atoms with van der Waals surface area (Å²) in [4.78, 5) is 8.64. The number of hydrogen-bond acceptors (Lipinski definition) is 3. The molecule has 2 rings (SSSR count). The minimum atomic E-state index is 0.604. The Balaban J connectivity index is 2.31. The number of nitrogens with zero attached hydrogens (tertiary/aromatic N) is 3. The molecule has 2 heterocycles. The maximum absolute atomic E-state index is 4.42. The summed E-state index contributed by atoms with van der Waals surface area (Å²) in [6.45, 7) is 7.28. The highest BCUT2D eigenvalue weighted by molar-refractivity contribution is 5.57. The maximum Gasteiger partial charge on any atom is 0.161 e. The van der Waals surface area contributed by atoms with Crippen LogP contribution in [-0.2, 0) is 0 Å². The molecule has 0 bridgehead atoms. The van der Waals surface area contributed by atoms with Gasteiger partial charge in [-0.2, -0.15) is 0 Å². The number of imidazole rings is 1. The molecule has 0 aliphatic rings. The summed E-state index contributed by atoms with van der Waals surface area (Å²) in [6.07, 6.45) is 5.52. The number of aryl methyl sites for hydroxylation is 1. The fourth-order valence-electron chi connectivity index (χ4n) is 1.64. The first-order chi connectivity index (χ1) is 8.18. The third-order valence-corrected chi connectivity index (χ3v) is 2.54. The summed E-state index contributed by atoms with van der Waals surface area (Å²) < 4.78 is 1.99. The number of nitrogens with one attached hydrogen (secondary N) is 1. The molecule has 1 N–H and O–H groups in total. The molecule has 17 heavy (non-hydrogen) atoms. The molecule has 0 spiro atoms. The van der Waals surface area contributed by atoms with Crippen molar-refractivity contribution < 1.29 is 0 Å². The summed E-state index contributed by atoms with van der Waals surface area (Å²) in [5.74, 6) is 2.45. The van der Waals surface area contributed by atoms with Gasteiger partial charge in [-0.1, -0.05) is 13.8 Å². The van der Waals surface area contributed by atoms with Gasteiger partial charge in [0.1, 0.15) is 5.82 Å². The van der Waals surface area contributed by atoms with Gasteiger partial charge in [0, 0.05) is 25.1 Å². The summed E-state index contributed by atoms with van der Waals surface area (Å²) in [5, 5.41) is 3.42. The van der Waals surface area contributed by atoms with Crippen molar-refractivity contribution >= 4 is 5.69 Å². The zero-order chi connectivity index (χ0) is 12.3. The van der Waals surface area contributed by atoms with E-state index >= 15 is 0 Å². The smallest absolute Gasteiger partial charge is 0.161 e. The monoisotopic (exact) mass is 230 g/mol. The number of pyridine rings is 1. The highest BCUT2D eigenvalue weighted by Gasteiger charge is 2.07. The second-order valence-corrected chi connectivity index (χ2v) is 4.49. The Hall–Kier alpha value is -1.84. The van der Waals surface area contributed by atoms with Crippen molar-refractivity contribution in [2.45, 2.75) is 20.8 Å². The predicted octanol–water partition coefficient (Wildman–Crippen LogP) is 2.64. The van der Waals surface area contributed by atoms with Crippen LogP contribution < -0.4 is 5.32 Å². The van der Waals surface area contributed by atoms with Gasteiger partial charge in [-0.3, -0.25) is 4.57 Å². The third-order valence-electron chi connectivity index (χ3n) is 2.54. The van der Waals surface area contributed by atoms with Crippen molar-refractivity contribution in [1.29, 1.82) is 0 Å². The van der Waals surface area contributed by atoms with E-state index in [4.69, 9.17) is 0 Å². The van der Waals surface area contributed by atoms with E-state index in [2.05, 4.69) is 29.1 Å². The van der Waals surface area contributed by atoms with Gasteiger partial charge in [0.2, 0.25) is 0 Å². The molecule has 2 aromatic rings. The van der Waals surface area contributed by atoms with Crippen molar-refractivity contribution in [1.82, 2.24) is 14.5 Å².